The first-order valence-electron chi connectivity index (χ1n) is 5.43. The van der Waals surface area contributed by atoms with Gasteiger partial charge in [0.1, 0.15) is 0 Å². The van der Waals surface area contributed by atoms with Crippen LogP contribution in [0.15, 0.2) is 0 Å². The average Bonchev–Trinajstić information content (AvgIpc) is 2.09. The van der Waals surface area contributed by atoms with Crippen LogP contribution in [0.1, 0.15) is 46.5 Å². The predicted molar refractivity (Wildman–Crippen MR) is 55.4 cm³/mol. The highest BCUT2D eigenvalue weighted by molar-refractivity contribution is 4.91. The van der Waals surface area contributed by atoms with E-state index in [1.165, 1.54) is 0 Å². The quantitative estimate of drug-likeness (QED) is 0.690. The lowest BCUT2D eigenvalue weighted by Crippen LogP contribution is -2.45. The van der Waals surface area contributed by atoms with Crippen molar-refractivity contribution in [3.05, 3.63) is 0 Å². The van der Waals surface area contributed by atoms with Gasteiger partial charge in [0.05, 0.1) is 5.60 Å². The minimum Gasteiger partial charge on any atom is -0.390 e. The van der Waals surface area contributed by atoms with E-state index >= 15 is 0 Å². The molecular formula is C11H23NO. The summed E-state index contributed by atoms with van der Waals surface area (Å²) in [6, 6.07) is 0.319. The van der Waals surface area contributed by atoms with E-state index in [4.69, 9.17) is 5.73 Å². The minimum absolute atomic E-state index is 0.319. The topological polar surface area (TPSA) is 46.2 Å². The second kappa shape index (κ2) is 3.97. The molecule has 0 radical (unpaired) electrons. The minimum atomic E-state index is -0.440. The zero-order valence-electron chi connectivity index (χ0n) is 9.09. The van der Waals surface area contributed by atoms with Crippen LogP contribution in [-0.2, 0) is 0 Å². The maximum atomic E-state index is 10.4. The Labute approximate surface area is 81.5 Å². The molecule has 0 aromatic heterocycles. The Morgan fingerprint density at radius 2 is 1.69 bits per heavy atom. The fraction of sp³-hybridized carbons (Fsp3) is 1.00. The van der Waals surface area contributed by atoms with Crippen LogP contribution < -0.4 is 5.73 Å². The summed E-state index contributed by atoms with van der Waals surface area (Å²) in [5, 5.41) is 10.4. The Balaban J connectivity index is 2.56. The van der Waals surface area contributed by atoms with E-state index in [1.54, 1.807) is 0 Å². The molecule has 0 aromatic rings. The van der Waals surface area contributed by atoms with Crippen LogP contribution in [0, 0.1) is 11.8 Å². The van der Waals surface area contributed by atoms with Crippen LogP contribution in [0.25, 0.3) is 0 Å². The van der Waals surface area contributed by atoms with Gasteiger partial charge in [0.2, 0.25) is 0 Å². The first-order valence-corrected chi connectivity index (χ1v) is 5.43. The third kappa shape index (κ3) is 2.44. The molecule has 2 heteroatoms. The molecule has 1 rings (SSSR count). The summed E-state index contributed by atoms with van der Waals surface area (Å²) < 4.78 is 0. The van der Waals surface area contributed by atoms with Gasteiger partial charge in [-0.3, -0.25) is 0 Å². The Morgan fingerprint density at radius 1 is 1.23 bits per heavy atom. The molecule has 1 saturated carbocycles. The third-order valence-electron chi connectivity index (χ3n) is 3.74. The zero-order valence-corrected chi connectivity index (χ0v) is 9.09. The van der Waals surface area contributed by atoms with E-state index in [0.29, 0.717) is 17.9 Å². The Morgan fingerprint density at radius 3 is 2.08 bits per heavy atom. The Hall–Kier alpha value is -0.0800. The second-order valence-corrected chi connectivity index (χ2v) is 4.97. The van der Waals surface area contributed by atoms with Crippen molar-refractivity contribution >= 4 is 0 Å². The van der Waals surface area contributed by atoms with Crippen molar-refractivity contribution in [3.8, 4) is 0 Å². The van der Waals surface area contributed by atoms with Crippen LogP contribution in [0.5, 0.6) is 0 Å². The Bertz CT molecular complexity index is 159. The monoisotopic (exact) mass is 185 g/mol. The van der Waals surface area contributed by atoms with Gasteiger partial charge in [-0.05, 0) is 37.5 Å². The lowest BCUT2D eigenvalue weighted by molar-refractivity contribution is -0.0611. The van der Waals surface area contributed by atoms with Crippen molar-refractivity contribution in [2.75, 3.05) is 0 Å². The van der Waals surface area contributed by atoms with Gasteiger partial charge in [0.25, 0.3) is 0 Å². The van der Waals surface area contributed by atoms with Gasteiger partial charge in [-0.15, -0.1) is 0 Å². The molecule has 1 aliphatic rings. The molecular weight excluding hydrogens is 162 g/mol. The molecule has 1 aliphatic carbocycles. The first-order chi connectivity index (χ1) is 5.96. The molecule has 0 aromatic carbocycles. The van der Waals surface area contributed by atoms with Crippen molar-refractivity contribution in [1.82, 2.24) is 0 Å². The molecule has 0 heterocycles. The summed E-state index contributed by atoms with van der Waals surface area (Å²) >= 11 is 0. The summed E-state index contributed by atoms with van der Waals surface area (Å²) in [6.07, 6.45) is 3.72. The molecule has 2 nitrogen and oxygen atoms in total. The van der Waals surface area contributed by atoms with Gasteiger partial charge < -0.3 is 10.8 Å². The fourth-order valence-electron chi connectivity index (χ4n) is 2.22. The van der Waals surface area contributed by atoms with Gasteiger partial charge in [0.15, 0.2) is 0 Å². The zero-order chi connectivity index (χ0) is 10.1. The van der Waals surface area contributed by atoms with Gasteiger partial charge >= 0.3 is 0 Å². The summed E-state index contributed by atoms with van der Waals surface area (Å²) in [5.74, 6) is 0.944. The molecule has 1 fully saturated rings. The van der Waals surface area contributed by atoms with Crippen molar-refractivity contribution in [3.63, 3.8) is 0 Å². The van der Waals surface area contributed by atoms with Gasteiger partial charge in [-0.25, -0.2) is 0 Å². The summed E-state index contributed by atoms with van der Waals surface area (Å²) in [4.78, 5) is 0. The summed E-state index contributed by atoms with van der Waals surface area (Å²) in [5.41, 5.74) is 5.38. The van der Waals surface area contributed by atoms with E-state index in [-0.39, 0.29) is 0 Å². The molecule has 13 heavy (non-hydrogen) atoms. The lowest BCUT2D eigenvalue weighted by Gasteiger charge is -2.41. The maximum Gasteiger partial charge on any atom is 0.0676 e. The lowest BCUT2D eigenvalue weighted by atomic mass is 9.71. The molecule has 0 aliphatic heterocycles. The summed E-state index contributed by atoms with van der Waals surface area (Å²) in [7, 11) is 0. The SMILES string of the molecule is CC(C)C(C)C1(O)CCC(N)CC1. The van der Waals surface area contributed by atoms with Gasteiger partial charge in [-0.1, -0.05) is 20.8 Å². The van der Waals surface area contributed by atoms with E-state index in [2.05, 4.69) is 20.8 Å². The van der Waals surface area contributed by atoms with Crippen molar-refractivity contribution in [2.24, 2.45) is 17.6 Å². The third-order valence-corrected chi connectivity index (χ3v) is 3.74. The Kier molecular flexibility index (Phi) is 3.36. The smallest absolute Gasteiger partial charge is 0.0676 e. The van der Waals surface area contributed by atoms with E-state index in [1.807, 2.05) is 0 Å². The van der Waals surface area contributed by atoms with Gasteiger partial charge in [0, 0.05) is 6.04 Å². The molecule has 3 N–H and O–H groups in total. The van der Waals surface area contributed by atoms with E-state index in [9.17, 15) is 5.11 Å². The molecule has 0 saturated heterocycles. The molecule has 0 bridgehead atoms. The van der Waals surface area contributed by atoms with Crippen LogP contribution in [0.4, 0.5) is 0 Å². The molecule has 0 spiro atoms. The highest BCUT2D eigenvalue weighted by Gasteiger charge is 2.38. The first kappa shape index (κ1) is 11.0. The van der Waals surface area contributed by atoms with Crippen LogP contribution in [-0.4, -0.2) is 16.7 Å². The van der Waals surface area contributed by atoms with Crippen molar-refractivity contribution in [2.45, 2.75) is 58.1 Å². The van der Waals surface area contributed by atoms with Crippen LogP contribution >= 0.6 is 0 Å². The molecule has 0 amide bonds. The van der Waals surface area contributed by atoms with Crippen LogP contribution in [0.2, 0.25) is 0 Å². The second-order valence-electron chi connectivity index (χ2n) is 4.97. The number of nitrogens with two attached hydrogens (primary N) is 1. The highest BCUT2D eigenvalue weighted by atomic mass is 16.3. The van der Waals surface area contributed by atoms with Crippen molar-refractivity contribution in [1.29, 1.82) is 0 Å². The predicted octanol–water partition coefficient (Wildman–Crippen LogP) is 1.91. The molecule has 1 atom stereocenters. The number of hydrogen-bond acceptors (Lipinski definition) is 2. The summed E-state index contributed by atoms with van der Waals surface area (Å²) in [6.45, 7) is 6.51. The normalized spacial score (nSPS) is 37.8. The number of aliphatic hydroxyl groups is 1. The fourth-order valence-corrected chi connectivity index (χ4v) is 2.22. The van der Waals surface area contributed by atoms with Crippen LogP contribution in [0.3, 0.4) is 0 Å². The van der Waals surface area contributed by atoms with Crippen molar-refractivity contribution < 1.29 is 5.11 Å². The standard InChI is InChI=1S/C11H23NO/c1-8(2)9(3)11(13)6-4-10(12)5-7-11/h8-10,13H,4-7,12H2,1-3H3. The molecule has 78 valence electrons. The van der Waals surface area contributed by atoms with E-state index in [0.717, 1.165) is 25.7 Å². The van der Waals surface area contributed by atoms with E-state index < -0.39 is 5.60 Å². The average molecular weight is 185 g/mol. The number of hydrogen-bond donors (Lipinski definition) is 2. The van der Waals surface area contributed by atoms with Gasteiger partial charge in [-0.2, -0.15) is 0 Å². The maximum absolute atomic E-state index is 10.4. The number of rotatable bonds is 2. The highest BCUT2D eigenvalue weighted by Crippen LogP contribution is 2.37. The molecule has 1 unspecified atom stereocenters. The largest absolute Gasteiger partial charge is 0.390 e.